The minimum atomic E-state index is -0.815. The smallest absolute Gasteiger partial charge is 0.159 e. The van der Waals surface area contributed by atoms with Crippen LogP contribution in [0.3, 0.4) is 0 Å². The Kier molecular flexibility index (Phi) is 4.45. The Labute approximate surface area is 100.0 Å². The van der Waals surface area contributed by atoms with E-state index in [1.165, 1.54) is 18.9 Å². The molecule has 4 heteroatoms. The molecule has 0 amide bonds. The summed E-state index contributed by atoms with van der Waals surface area (Å²) in [4.78, 5) is 0. The lowest BCUT2D eigenvalue weighted by atomic mass is 10.0. The van der Waals surface area contributed by atoms with Crippen LogP contribution < -0.4 is 5.32 Å². The summed E-state index contributed by atoms with van der Waals surface area (Å²) in [6.45, 7) is 3.08. The van der Waals surface area contributed by atoms with Gasteiger partial charge in [-0.15, -0.1) is 0 Å². The molecule has 2 nitrogen and oxygen atoms in total. The van der Waals surface area contributed by atoms with Crippen molar-refractivity contribution < 1.29 is 13.5 Å². The van der Waals surface area contributed by atoms with E-state index < -0.39 is 11.6 Å². The quantitative estimate of drug-likeness (QED) is 0.874. The van der Waals surface area contributed by atoms with Gasteiger partial charge in [-0.2, -0.15) is 0 Å². The first kappa shape index (κ1) is 12.5. The van der Waals surface area contributed by atoms with E-state index in [-0.39, 0.29) is 0 Å². The number of piperidine rings is 1. The molecule has 17 heavy (non-hydrogen) atoms. The van der Waals surface area contributed by atoms with Crippen molar-refractivity contribution in [1.29, 1.82) is 0 Å². The average molecular weight is 241 g/mol. The molecule has 0 saturated carbocycles. The highest BCUT2D eigenvalue weighted by Crippen LogP contribution is 2.13. The number of ether oxygens (including phenoxy) is 1. The van der Waals surface area contributed by atoms with E-state index in [4.69, 9.17) is 4.74 Å². The van der Waals surface area contributed by atoms with Crippen molar-refractivity contribution in [1.82, 2.24) is 5.32 Å². The van der Waals surface area contributed by atoms with Gasteiger partial charge in [-0.1, -0.05) is 6.07 Å². The Balaban J connectivity index is 1.75. The van der Waals surface area contributed by atoms with E-state index in [0.29, 0.717) is 24.7 Å². The van der Waals surface area contributed by atoms with E-state index in [1.807, 2.05) is 0 Å². The molecule has 1 saturated heterocycles. The van der Waals surface area contributed by atoms with Crippen LogP contribution >= 0.6 is 0 Å². The van der Waals surface area contributed by atoms with Crippen LogP contribution in [-0.4, -0.2) is 19.7 Å². The zero-order valence-corrected chi connectivity index (χ0v) is 9.72. The molecule has 1 aliphatic heterocycles. The number of hydrogen-bond acceptors (Lipinski definition) is 2. The third kappa shape index (κ3) is 3.75. The van der Waals surface area contributed by atoms with E-state index in [0.717, 1.165) is 19.2 Å². The second kappa shape index (κ2) is 6.07. The highest BCUT2D eigenvalue weighted by molar-refractivity contribution is 5.16. The predicted octanol–water partition coefficient (Wildman–Crippen LogP) is 2.48. The van der Waals surface area contributed by atoms with Gasteiger partial charge < -0.3 is 10.1 Å². The summed E-state index contributed by atoms with van der Waals surface area (Å²) in [5.41, 5.74) is 0.674. The number of hydrogen-bond donors (Lipinski definition) is 1. The zero-order chi connectivity index (χ0) is 12.1. The Hall–Kier alpha value is -1.00. The van der Waals surface area contributed by atoms with Crippen LogP contribution in [0.5, 0.6) is 0 Å². The molecule has 0 bridgehead atoms. The minimum absolute atomic E-state index is 0.341. The fraction of sp³-hybridized carbons (Fsp3) is 0.538. The largest absolute Gasteiger partial charge is 0.376 e. The molecule has 0 aromatic heterocycles. The van der Waals surface area contributed by atoms with Gasteiger partial charge in [0.15, 0.2) is 11.6 Å². The van der Waals surface area contributed by atoms with Crippen LogP contribution in [0, 0.1) is 17.6 Å². The molecule has 0 aliphatic carbocycles. The van der Waals surface area contributed by atoms with E-state index in [1.54, 1.807) is 6.07 Å². The Bertz CT molecular complexity index is 364. The average Bonchev–Trinajstić information content (AvgIpc) is 2.35. The summed E-state index contributed by atoms with van der Waals surface area (Å²) in [5.74, 6) is -1.09. The number of rotatable bonds is 4. The monoisotopic (exact) mass is 241 g/mol. The highest BCUT2D eigenvalue weighted by atomic mass is 19.2. The van der Waals surface area contributed by atoms with Gasteiger partial charge >= 0.3 is 0 Å². The van der Waals surface area contributed by atoms with E-state index in [2.05, 4.69) is 5.32 Å². The van der Waals surface area contributed by atoms with Gasteiger partial charge in [0.2, 0.25) is 0 Å². The number of halogens is 2. The second-order valence-corrected chi connectivity index (χ2v) is 4.48. The molecule has 1 heterocycles. The molecule has 2 rings (SSSR count). The summed E-state index contributed by atoms with van der Waals surface area (Å²) in [6.07, 6.45) is 2.35. The Morgan fingerprint density at radius 1 is 1.29 bits per heavy atom. The van der Waals surface area contributed by atoms with Crippen LogP contribution in [-0.2, 0) is 11.3 Å². The van der Waals surface area contributed by atoms with Crippen molar-refractivity contribution in [3.63, 3.8) is 0 Å². The van der Waals surface area contributed by atoms with Crippen LogP contribution in [0.2, 0.25) is 0 Å². The summed E-state index contributed by atoms with van der Waals surface area (Å²) < 4.78 is 31.1. The van der Waals surface area contributed by atoms with Crippen LogP contribution in [0.25, 0.3) is 0 Å². The van der Waals surface area contributed by atoms with Crippen molar-refractivity contribution in [3.8, 4) is 0 Å². The maximum absolute atomic E-state index is 12.9. The van der Waals surface area contributed by atoms with Crippen molar-refractivity contribution in [2.24, 2.45) is 5.92 Å². The summed E-state index contributed by atoms with van der Waals surface area (Å²) in [5, 5.41) is 3.31. The van der Waals surface area contributed by atoms with Crippen molar-refractivity contribution >= 4 is 0 Å². The lowest BCUT2D eigenvalue weighted by molar-refractivity contribution is 0.0781. The summed E-state index contributed by atoms with van der Waals surface area (Å²) in [6, 6.07) is 3.88. The summed E-state index contributed by atoms with van der Waals surface area (Å²) in [7, 11) is 0. The molecule has 1 aromatic rings. The standard InChI is InChI=1S/C13H17F2NO/c14-12-4-3-10(6-13(12)15)8-17-9-11-2-1-5-16-7-11/h3-4,6,11,16H,1-2,5,7-9H2. The highest BCUT2D eigenvalue weighted by Gasteiger charge is 2.12. The molecule has 1 atom stereocenters. The summed E-state index contributed by atoms with van der Waals surface area (Å²) >= 11 is 0. The van der Waals surface area contributed by atoms with Crippen LogP contribution in [0.4, 0.5) is 8.78 Å². The van der Waals surface area contributed by atoms with Crippen molar-refractivity contribution in [2.45, 2.75) is 19.4 Å². The molecule has 94 valence electrons. The molecule has 1 fully saturated rings. The number of nitrogens with one attached hydrogen (secondary N) is 1. The lowest BCUT2D eigenvalue weighted by Crippen LogP contribution is -2.32. The van der Waals surface area contributed by atoms with Gasteiger partial charge in [0.05, 0.1) is 13.2 Å². The fourth-order valence-corrected chi connectivity index (χ4v) is 2.04. The predicted molar refractivity (Wildman–Crippen MR) is 61.6 cm³/mol. The topological polar surface area (TPSA) is 21.3 Å². The minimum Gasteiger partial charge on any atom is -0.376 e. The maximum Gasteiger partial charge on any atom is 0.159 e. The maximum atomic E-state index is 12.9. The van der Waals surface area contributed by atoms with E-state index in [9.17, 15) is 8.78 Å². The Morgan fingerprint density at radius 3 is 2.88 bits per heavy atom. The van der Waals surface area contributed by atoms with Gasteiger partial charge in [-0.25, -0.2) is 8.78 Å². The molecular formula is C13H17F2NO. The van der Waals surface area contributed by atoms with Gasteiger partial charge in [0.25, 0.3) is 0 Å². The fourth-order valence-electron chi connectivity index (χ4n) is 2.04. The number of benzene rings is 1. The third-order valence-corrected chi connectivity index (χ3v) is 3.01. The third-order valence-electron chi connectivity index (χ3n) is 3.01. The van der Waals surface area contributed by atoms with Crippen LogP contribution in [0.15, 0.2) is 18.2 Å². The molecule has 1 unspecified atom stereocenters. The van der Waals surface area contributed by atoms with Crippen molar-refractivity contribution in [3.05, 3.63) is 35.4 Å². The molecule has 1 aromatic carbocycles. The first-order chi connectivity index (χ1) is 8.25. The molecule has 0 radical (unpaired) electrons. The van der Waals surface area contributed by atoms with Crippen LogP contribution in [0.1, 0.15) is 18.4 Å². The Morgan fingerprint density at radius 2 is 2.18 bits per heavy atom. The second-order valence-electron chi connectivity index (χ2n) is 4.48. The molecule has 0 spiro atoms. The van der Waals surface area contributed by atoms with Gasteiger partial charge in [0, 0.05) is 6.54 Å². The molecule has 1 N–H and O–H groups in total. The van der Waals surface area contributed by atoms with Crippen molar-refractivity contribution in [2.75, 3.05) is 19.7 Å². The van der Waals surface area contributed by atoms with Gasteiger partial charge in [0.1, 0.15) is 0 Å². The first-order valence-electron chi connectivity index (χ1n) is 5.98. The zero-order valence-electron chi connectivity index (χ0n) is 9.72. The molecular weight excluding hydrogens is 224 g/mol. The van der Waals surface area contributed by atoms with E-state index >= 15 is 0 Å². The van der Waals surface area contributed by atoms with Gasteiger partial charge in [-0.05, 0) is 43.0 Å². The SMILES string of the molecule is Fc1ccc(COCC2CCCNC2)cc1F. The molecule has 1 aliphatic rings. The first-order valence-corrected chi connectivity index (χ1v) is 5.98. The normalized spacial score (nSPS) is 20.5. The lowest BCUT2D eigenvalue weighted by Gasteiger charge is -2.22. The van der Waals surface area contributed by atoms with Gasteiger partial charge in [-0.3, -0.25) is 0 Å².